The number of rotatable bonds is 9. The predicted molar refractivity (Wildman–Crippen MR) is 164 cm³/mol. The number of fused-ring (bicyclic) bond motifs is 1. The van der Waals surface area contributed by atoms with Crippen LogP contribution in [0.3, 0.4) is 0 Å². The van der Waals surface area contributed by atoms with Crippen molar-refractivity contribution in [1.82, 2.24) is 0 Å². The topological polar surface area (TPSA) is 108 Å². The predicted octanol–water partition coefficient (Wildman–Crippen LogP) is 6.53. The van der Waals surface area contributed by atoms with Gasteiger partial charge in [0, 0.05) is 23.8 Å². The number of hydrogen-bond acceptors (Lipinski definition) is 4. The molecule has 1 unspecified atom stereocenters. The van der Waals surface area contributed by atoms with Gasteiger partial charge in [0.15, 0.2) is 0 Å². The lowest BCUT2D eigenvalue weighted by Gasteiger charge is -2.20. The number of anilines is 3. The highest BCUT2D eigenvalue weighted by molar-refractivity contribution is 6.01. The summed E-state index contributed by atoms with van der Waals surface area (Å²) in [7, 11) is 1.50. The van der Waals surface area contributed by atoms with E-state index in [9.17, 15) is 23.9 Å². The summed E-state index contributed by atoms with van der Waals surface area (Å²) >= 11 is 0. The second kappa shape index (κ2) is 12.8. The lowest BCUT2D eigenvalue weighted by molar-refractivity contribution is -0.137. The van der Waals surface area contributed by atoms with Crippen LogP contribution < -0.4 is 20.3 Å². The molecule has 1 atom stereocenters. The highest BCUT2D eigenvalue weighted by atomic mass is 19.1. The summed E-state index contributed by atoms with van der Waals surface area (Å²) in [5, 5.41) is 15.1. The third-order valence-electron chi connectivity index (χ3n) is 7.62. The van der Waals surface area contributed by atoms with Crippen molar-refractivity contribution in [2.45, 2.75) is 32.1 Å². The van der Waals surface area contributed by atoms with E-state index in [0.29, 0.717) is 35.7 Å². The molecule has 43 heavy (non-hydrogen) atoms. The fourth-order valence-corrected chi connectivity index (χ4v) is 5.40. The number of aryl methyl sites for hydroxylation is 1. The number of nitrogens with one attached hydrogen (secondary N) is 2. The maximum Gasteiger partial charge on any atom is 0.323 e. The number of carbonyl (C=O) groups excluding carboxylic acids is 2. The lowest BCUT2D eigenvalue weighted by Crippen LogP contribution is -2.30. The first kappa shape index (κ1) is 29.3. The number of hydrogen-bond donors (Lipinski definition) is 3. The van der Waals surface area contributed by atoms with E-state index in [4.69, 9.17) is 4.74 Å². The van der Waals surface area contributed by atoms with Crippen molar-refractivity contribution >= 4 is 35.0 Å². The van der Waals surface area contributed by atoms with Gasteiger partial charge in [0.05, 0.1) is 25.6 Å². The van der Waals surface area contributed by atoms with Crippen LogP contribution in [0.15, 0.2) is 84.9 Å². The van der Waals surface area contributed by atoms with E-state index in [1.165, 1.54) is 19.2 Å². The highest BCUT2D eigenvalue weighted by Gasteiger charge is 2.27. The Labute approximate surface area is 249 Å². The zero-order valence-electron chi connectivity index (χ0n) is 23.9. The van der Waals surface area contributed by atoms with Crippen LogP contribution in [0.5, 0.6) is 5.75 Å². The van der Waals surface area contributed by atoms with Crippen LogP contribution in [0.25, 0.3) is 0 Å². The Morgan fingerprint density at radius 1 is 0.930 bits per heavy atom. The number of amides is 3. The molecular formula is C34H32FN3O5. The Balaban J connectivity index is 1.28. The SMILES string of the molecule is COc1cc(CC(=O)N2CCc3cc(C(CC(=O)O)c4ccc(F)cc4)ccc32)ccc1NC(=O)Nc1ccccc1C. The second-order valence-electron chi connectivity index (χ2n) is 10.5. The molecule has 0 bridgehead atoms. The van der Waals surface area contributed by atoms with Gasteiger partial charge in [0.2, 0.25) is 5.91 Å². The number of methoxy groups -OCH3 is 1. The van der Waals surface area contributed by atoms with Gasteiger partial charge < -0.3 is 25.4 Å². The maximum absolute atomic E-state index is 13.5. The maximum atomic E-state index is 13.5. The van der Waals surface area contributed by atoms with E-state index in [0.717, 1.165) is 27.9 Å². The zero-order valence-corrected chi connectivity index (χ0v) is 23.9. The molecular weight excluding hydrogens is 549 g/mol. The number of ether oxygens (including phenoxy) is 1. The molecule has 0 radical (unpaired) electrons. The van der Waals surface area contributed by atoms with Crippen molar-refractivity contribution in [3.8, 4) is 5.75 Å². The van der Waals surface area contributed by atoms with E-state index in [1.54, 1.807) is 35.2 Å². The molecule has 8 nitrogen and oxygen atoms in total. The Kier molecular flexibility index (Phi) is 8.71. The van der Waals surface area contributed by atoms with Gasteiger partial charge in [0.1, 0.15) is 11.6 Å². The zero-order chi connectivity index (χ0) is 30.5. The van der Waals surface area contributed by atoms with Crippen LogP contribution in [0.4, 0.5) is 26.2 Å². The molecule has 0 saturated heterocycles. The number of aliphatic carboxylic acids is 1. The normalized spacial score (nSPS) is 12.8. The van der Waals surface area contributed by atoms with Crippen LogP contribution in [0, 0.1) is 12.7 Å². The summed E-state index contributed by atoms with van der Waals surface area (Å²) in [6, 6.07) is 23.8. The molecule has 5 rings (SSSR count). The van der Waals surface area contributed by atoms with Gasteiger partial charge in [0.25, 0.3) is 0 Å². The van der Waals surface area contributed by atoms with Crippen molar-refractivity contribution in [3.05, 3.63) is 119 Å². The summed E-state index contributed by atoms with van der Waals surface area (Å²) in [6.07, 6.45) is 0.637. The summed E-state index contributed by atoms with van der Waals surface area (Å²) in [5.41, 5.74) is 6.12. The summed E-state index contributed by atoms with van der Waals surface area (Å²) in [5.74, 6) is -1.43. The fourth-order valence-electron chi connectivity index (χ4n) is 5.40. The van der Waals surface area contributed by atoms with E-state index in [-0.39, 0.29) is 24.6 Å². The Bertz CT molecular complexity index is 1670. The minimum absolute atomic E-state index is 0.0906. The van der Waals surface area contributed by atoms with E-state index >= 15 is 0 Å². The third-order valence-corrected chi connectivity index (χ3v) is 7.62. The Morgan fingerprint density at radius 2 is 1.65 bits per heavy atom. The summed E-state index contributed by atoms with van der Waals surface area (Å²) < 4.78 is 19.0. The molecule has 220 valence electrons. The highest BCUT2D eigenvalue weighted by Crippen LogP contribution is 2.35. The number of urea groups is 1. The van der Waals surface area contributed by atoms with E-state index in [1.807, 2.05) is 49.4 Å². The van der Waals surface area contributed by atoms with Crippen LogP contribution >= 0.6 is 0 Å². The minimum Gasteiger partial charge on any atom is -0.495 e. The molecule has 0 spiro atoms. The number of benzene rings is 4. The van der Waals surface area contributed by atoms with Crippen molar-refractivity contribution < 1.29 is 28.6 Å². The molecule has 0 aliphatic carbocycles. The molecule has 0 fully saturated rings. The van der Waals surface area contributed by atoms with E-state index in [2.05, 4.69) is 10.6 Å². The largest absolute Gasteiger partial charge is 0.495 e. The molecule has 4 aromatic carbocycles. The van der Waals surface area contributed by atoms with Gasteiger partial charge in [-0.3, -0.25) is 9.59 Å². The lowest BCUT2D eigenvalue weighted by atomic mass is 9.87. The van der Waals surface area contributed by atoms with Crippen LogP contribution in [0.1, 0.15) is 40.2 Å². The smallest absolute Gasteiger partial charge is 0.323 e. The van der Waals surface area contributed by atoms with E-state index < -0.39 is 17.9 Å². The van der Waals surface area contributed by atoms with Gasteiger partial charge in [-0.15, -0.1) is 0 Å². The van der Waals surface area contributed by atoms with Crippen LogP contribution in [0.2, 0.25) is 0 Å². The molecule has 4 aromatic rings. The number of carbonyl (C=O) groups is 3. The number of nitrogens with zero attached hydrogens (tertiary/aromatic N) is 1. The van der Waals surface area contributed by atoms with Gasteiger partial charge in [-0.05, 0) is 77.6 Å². The van der Waals surface area contributed by atoms with Crippen LogP contribution in [-0.4, -0.2) is 36.7 Å². The Morgan fingerprint density at radius 3 is 2.37 bits per heavy atom. The first-order chi connectivity index (χ1) is 20.7. The third kappa shape index (κ3) is 6.83. The minimum atomic E-state index is -0.949. The number of halogens is 1. The van der Waals surface area contributed by atoms with Crippen molar-refractivity contribution in [1.29, 1.82) is 0 Å². The molecule has 3 amide bonds. The monoisotopic (exact) mass is 581 g/mol. The summed E-state index contributed by atoms with van der Waals surface area (Å²) in [4.78, 5) is 39.3. The molecule has 1 aliphatic heterocycles. The first-order valence-electron chi connectivity index (χ1n) is 13.9. The average molecular weight is 582 g/mol. The quantitative estimate of drug-likeness (QED) is 0.208. The number of carboxylic acids is 1. The van der Waals surface area contributed by atoms with Crippen molar-refractivity contribution in [3.63, 3.8) is 0 Å². The molecule has 0 aromatic heterocycles. The van der Waals surface area contributed by atoms with Gasteiger partial charge in [-0.25, -0.2) is 9.18 Å². The molecule has 3 N–H and O–H groups in total. The fraction of sp³-hybridized carbons (Fsp3) is 0.206. The first-order valence-corrected chi connectivity index (χ1v) is 13.9. The molecule has 1 heterocycles. The number of para-hydroxylation sites is 1. The second-order valence-corrected chi connectivity index (χ2v) is 10.5. The Hall–Kier alpha value is -5.18. The summed E-state index contributed by atoms with van der Waals surface area (Å²) in [6.45, 7) is 2.41. The average Bonchev–Trinajstić information content (AvgIpc) is 3.42. The van der Waals surface area contributed by atoms with Crippen molar-refractivity contribution in [2.24, 2.45) is 0 Å². The molecule has 9 heteroatoms. The van der Waals surface area contributed by atoms with Gasteiger partial charge in [-0.2, -0.15) is 0 Å². The van der Waals surface area contributed by atoms with Crippen molar-refractivity contribution in [2.75, 3.05) is 29.2 Å². The number of carboxylic acid groups (broad SMARTS) is 1. The van der Waals surface area contributed by atoms with Gasteiger partial charge >= 0.3 is 12.0 Å². The van der Waals surface area contributed by atoms with Crippen LogP contribution in [-0.2, 0) is 22.4 Å². The standard InChI is InChI=1S/C34H32FN3O5/c1-21-5-3-4-6-28(21)36-34(42)37-29-13-7-22(17-31(29)43-2)18-32(39)38-16-15-25-19-24(10-14-30(25)38)27(20-33(40)41)23-8-11-26(35)12-9-23/h3-14,17,19,27H,15-16,18,20H2,1-2H3,(H,40,41)(H2,36,37,42). The van der Waals surface area contributed by atoms with Gasteiger partial charge in [-0.1, -0.05) is 48.5 Å². The molecule has 0 saturated carbocycles. The molecule has 1 aliphatic rings.